The van der Waals surface area contributed by atoms with Crippen LogP contribution in [0.3, 0.4) is 0 Å². The molecule has 2 aromatic carbocycles. The van der Waals surface area contributed by atoms with Gasteiger partial charge in [-0.05, 0) is 18.2 Å². The molecule has 0 saturated carbocycles. The third kappa shape index (κ3) is 3.90. The molecule has 2 heterocycles. The summed E-state index contributed by atoms with van der Waals surface area (Å²) < 4.78 is 16.5. The molecule has 1 unspecified atom stereocenters. The van der Waals surface area contributed by atoms with E-state index in [0.717, 1.165) is 24.3 Å². The van der Waals surface area contributed by atoms with Crippen molar-refractivity contribution >= 4 is 11.0 Å². The van der Waals surface area contributed by atoms with Crippen molar-refractivity contribution < 1.29 is 54.7 Å². The number of aliphatic hydroxyl groups excluding tert-OH is 4. The Balaban J connectivity index is 1.88. The highest BCUT2D eigenvalue weighted by atomic mass is 16.7. The summed E-state index contributed by atoms with van der Waals surface area (Å²) in [4.78, 5) is 13.2. The van der Waals surface area contributed by atoms with Crippen LogP contribution in [0.1, 0.15) is 0 Å². The van der Waals surface area contributed by atoms with Crippen molar-refractivity contribution in [1.29, 1.82) is 0 Å². The van der Waals surface area contributed by atoms with E-state index in [4.69, 9.17) is 19.0 Å². The average molecular weight is 464 g/mol. The first-order valence-corrected chi connectivity index (χ1v) is 9.64. The van der Waals surface area contributed by atoms with E-state index in [0.29, 0.717) is 0 Å². The number of benzene rings is 2. The first-order chi connectivity index (χ1) is 15.6. The molecule has 5 atom stereocenters. The third-order valence-electron chi connectivity index (χ3n) is 5.21. The van der Waals surface area contributed by atoms with Crippen LogP contribution in [0.25, 0.3) is 22.3 Å². The molecule has 4 rings (SSSR count). The van der Waals surface area contributed by atoms with Gasteiger partial charge in [-0.15, -0.1) is 0 Å². The highest BCUT2D eigenvalue weighted by Gasteiger charge is 2.47. The van der Waals surface area contributed by atoms with Crippen LogP contribution in [0.4, 0.5) is 0 Å². The minimum absolute atomic E-state index is 0.0297. The number of phenols is 4. The maximum Gasteiger partial charge on any atom is 0.239 e. The SMILES string of the molecule is O=c1c(O[C@@H]2O[C@@H](C(O)CO)[C@H](O)[C@@H]2O)c(-c2ccc(O)c(O)c2)oc2cc(O)cc(O)c12. The summed E-state index contributed by atoms with van der Waals surface area (Å²) in [6.07, 6.45) is -8.11. The van der Waals surface area contributed by atoms with Crippen LogP contribution in [-0.4, -0.2) is 78.2 Å². The van der Waals surface area contributed by atoms with E-state index < -0.39 is 71.5 Å². The highest BCUT2D eigenvalue weighted by molar-refractivity contribution is 5.88. The van der Waals surface area contributed by atoms with Gasteiger partial charge < -0.3 is 54.7 Å². The molecule has 0 radical (unpaired) electrons. The van der Waals surface area contributed by atoms with Crippen LogP contribution in [0, 0.1) is 0 Å². The van der Waals surface area contributed by atoms with E-state index in [1.54, 1.807) is 0 Å². The molecular formula is C21H20O12. The van der Waals surface area contributed by atoms with Gasteiger partial charge in [-0.1, -0.05) is 0 Å². The van der Waals surface area contributed by atoms with E-state index in [1.165, 1.54) is 6.07 Å². The monoisotopic (exact) mass is 464 g/mol. The lowest BCUT2D eigenvalue weighted by atomic mass is 10.1. The van der Waals surface area contributed by atoms with Crippen LogP contribution >= 0.6 is 0 Å². The second-order valence-electron chi connectivity index (χ2n) is 7.45. The van der Waals surface area contributed by atoms with Crippen LogP contribution in [-0.2, 0) is 4.74 Å². The number of aliphatic hydroxyl groups is 4. The van der Waals surface area contributed by atoms with Crippen LogP contribution in [0.15, 0.2) is 39.5 Å². The zero-order valence-corrected chi connectivity index (χ0v) is 16.7. The highest BCUT2D eigenvalue weighted by Crippen LogP contribution is 2.39. The van der Waals surface area contributed by atoms with Gasteiger partial charge in [-0.2, -0.15) is 0 Å². The van der Waals surface area contributed by atoms with Crippen LogP contribution in [0.2, 0.25) is 0 Å². The zero-order valence-electron chi connectivity index (χ0n) is 16.7. The summed E-state index contributed by atoms with van der Waals surface area (Å²) in [6, 6.07) is 5.38. The molecule has 0 spiro atoms. The third-order valence-corrected chi connectivity index (χ3v) is 5.21. The topological polar surface area (TPSA) is 211 Å². The first kappa shape index (κ1) is 22.6. The van der Waals surface area contributed by atoms with Crippen molar-refractivity contribution in [3.8, 4) is 40.1 Å². The summed E-state index contributed by atoms with van der Waals surface area (Å²) in [5.74, 6) is -3.00. The second-order valence-corrected chi connectivity index (χ2v) is 7.45. The Kier molecular flexibility index (Phi) is 5.78. The summed E-state index contributed by atoms with van der Waals surface area (Å²) in [5, 5.41) is 78.3. The second kappa shape index (κ2) is 8.42. The molecule has 1 aliphatic rings. The van der Waals surface area contributed by atoms with Gasteiger partial charge in [-0.3, -0.25) is 4.79 Å². The lowest BCUT2D eigenvalue weighted by Crippen LogP contribution is -2.40. The molecule has 0 aliphatic carbocycles. The molecule has 8 N–H and O–H groups in total. The Labute approximate surface area is 184 Å². The number of hydrogen-bond acceptors (Lipinski definition) is 12. The van der Waals surface area contributed by atoms with Crippen molar-refractivity contribution in [1.82, 2.24) is 0 Å². The Morgan fingerprint density at radius 3 is 2.36 bits per heavy atom. The number of phenolic OH excluding ortho intramolecular Hbond substituents is 4. The van der Waals surface area contributed by atoms with Gasteiger partial charge in [0, 0.05) is 17.7 Å². The van der Waals surface area contributed by atoms with Crippen molar-refractivity contribution in [2.45, 2.75) is 30.7 Å². The lowest BCUT2D eigenvalue weighted by molar-refractivity contribution is -0.137. The number of ether oxygens (including phenoxy) is 2. The summed E-state index contributed by atoms with van der Waals surface area (Å²) in [6.45, 7) is -0.783. The van der Waals surface area contributed by atoms with E-state index >= 15 is 0 Å². The molecule has 1 fully saturated rings. The Bertz CT molecular complexity index is 1250. The molecule has 1 aromatic heterocycles. The van der Waals surface area contributed by atoms with Crippen molar-refractivity contribution in [2.24, 2.45) is 0 Å². The Morgan fingerprint density at radius 2 is 1.70 bits per heavy atom. The minimum atomic E-state index is -1.75. The summed E-state index contributed by atoms with van der Waals surface area (Å²) >= 11 is 0. The molecule has 1 aliphatic heterocycles. The average Bonchev–Trinajstić information content (AvgIpc) is 3.04. The predicted octanol–water partition coefficient (Wildman–Crippen LogP) is -0.539. The van der Waals surface area contributed by atoms with E-state index in [-0.39, 0.29) is 22.3 Å². The summed E-state index contributed by atoms with van der Waals surface area (Å²) in [5.41, 5.74) is -1.16. The molecule has 3 aromatic rings. The van der Waals surface area contributed by atoms with Gasteiger partial charge in [0.05, 0.1) is 6.61 Å². The van der Waals surface area contributed by atoms with Gasteiger partial charge in [0.15, 0.2) is 17.3 Å². The van der Waals surface area contributed by atoms with Crippen molar-refractivity contribution in [3.05, 3.63) is 40.6 Å². The van der Waals surface area contributed by atoms with E-state index in [1.807, 2.05) is 0 Å². The van der Waals surface area contributed by atoms with Gasteiger partial charge in [-0.25, -0.2) is 0 Å². The Hall–Kier alpha value is -3.55. The van der Waals surface area contributed by atoms with Gasteiger partial charge in [0.25, 0.3) is 0 Å². The number of aromatic hydroxyl groups is 4. The van der Waals surface area contributed by atoms with Crippen LogP contribution < -0.4 is 10.2 Å². The fourth-order valence-electron chi connectivity index (χ4n) is 3.54. The number of hydrogen-bond donors (Lipinski definition) is 8. The normalized spacial score (nSPS) is 23.6. The van der Waals surface area contributed by atoms with E-state index in [2.05, 4.69) is 0 Å². The quantitative estimate of drug-likeness (QED) is 0.224. The summed E-state index contributed by atoms with van der Waals surface area (Å²) in [7, 11) is 0. The minimum Gasteiger partial charge on any atom is -0.508 e. The molecule has 0 amide bonds. The van der Waals surface area contributed by atoms with Crippen molar-refractivity contribution in [2.75, 3.05) is 6.61 Å². The molecular weight excluding hydrogens is 444 g/mol. The van der Waals surface area contributed by atoms with Gasteiger partial charge >= 0.3 is 0 Å². The molecule has 33 heavy (non-hydrogen) atoms. The fourth-order valence-corrected chi connectivity index (χ4v) is 3.54. The largest absolute Gasteiger partial charge is 0.508 e. The molecule has 1 saturated heterocycles. The van der Waals surface area contributed by atoms with Gasteiger partial charge in [0.1, 0.15) is 46.9 Å². The zero-order chi connectivity index (χ0) is 24.0. The van der Waals surface area contributed by atoms with E-state index in [9.17, 15) is 40.5 Å². The maximum absolute atomic E-state index is 13.2. The first-order valence-electron chi connectivity index (χ1n) is 9.64. The predicted molar refractivity (Wildman–Crippen MR) is 109 cm³/mol. The smallest absolute Gasteiger partial charge is 0.239 e. The molecule has 0 bridgehead atoms. The molecule has 12 nitrogen and oxygen atoms in total. The van der Waals surface area contributed by atoms with Crippen molar-refractivity contribution in [3.63, 3.8) is 0 Å². The standard InChI is InChI=1S/C21H20O12/c22-6-12(27)19-16(29)17(30)21(32-19)33-20-15(28)14-11(26)4-8(23)5-13(14)31-18(20)7-1-2-9(24)10(25)3-7/h1-5,12,16-17,19,21-27,29-30H,6H2/t12?,16-,17+,19+,21+/m1/s1. The number of rotatable bonds is 5. The molecule has 176 valence electrons. The molecule has 12 heteroatoms. The van der Waals surface area contributed by atoms with Gasteiger partial charge in [0.2, 0.25) is 17.5 Å². The lowest BCUT2D eigenvalue weighted by Gasteiger charge is -2.19. The number of fused-ring (bicyclic) bond motifs is 1. The van der Waals surface area contributed by atoms with Crippen LogP contribution in [0.5, 0.6) is 28.7 Å². The fraction of sp³-hybridized carbons (Fsp3) is 0.286. The maximum atomic E-state index is 13.2. The Morgan fingerprint density at radius 1 is 0.970 bits per heavy atom.